The van der Waals surface area contributed by atoms with Crippen molar-refractivity contribution in [3.63, 3.8) is 0 Å². The molecule has 2 aromatic rings. The molecule has 106 valence electrons. The van der Waals surface area contributed by atoms with Crippen LogP contribution >= 0.6 is 15.9 Å². The van der Waals surface area contributed by atoms with Gasteiger partial charge in [-0.3, -0.25) is 0 Å². The molecule has 0 saturated carbocycles. The van der Waals surface area contributed by atoms with Crippen LogP contribution in [0.4, 0.5) is 4.39 Å². The van der Waals surface area contributed by atoms with Crippen molar-refractivity contribution >= 4 is 15.9 Å². The van der Waals surface area contributed by atoms with Crippen molar-refractivity contribution in [3.8, 4) is 0 Å². The monoisotopic (exact) mass is 335 g/mol. The smallest absolute Gasteiger partial charge is 0.137 e. The summed E-state index contributed by atoms with van der Waals surface area (Å²) in [5.74, 6) is -0.244. The fourth-order valence-electron chi connectivity index (χ4n) is 2.56. The summed E-state index contributed by atoms with van der Waals surface area (Å²) in [6.07, 6.45) is 2.60. The van der Waals surface area contributed by atoms with Gasteiger partial charge < -0.3 is 5.73 Å². The van der Waals surface area contributed by atoms with Crippen molar-refractivity contribution in [2.24, 2.45) is 5.73 Å². The minimum Gasteiger partial charge on any atom is -0.321 e. The first-order valence-corrected chi connectivity index (χ1v) is 7.63. The van der Waals surface area contributed by atoms with Gasteiger partial charge in [0.1, 0.15) is 5.82 Å². The third-order valence-corrected chi connectivity index (χ3v) is 4.16. The molecule has 0 aromatic heterocycles. The summed E-state index contributed by atoms with van der Waals surface area (Å²) >= 11 is 3.23. The molecule has 1 nitrogen and oxygen atoms in total. The number of nitrogens with two attached hydrogens (primary N) is 1. The zero-order valence-corrected chi connectivity index (χ0v) is 13.2. The molecule has 2 N–H and O–H groups in total. The van der Waals surface area contributed by atoms with E-state index in [0.717, 1.165) is 24.0 Å². The van der Waals surface area contributed by atoms with E-state index in [9.17, 15) is 4.39 Å². The average molecular weight is 336 g/mol. The topological polar surface area (TPSA) is 26.0 Å². The second kappa shape index (κ2) is 6.51. The Morgan fingerprint density at radius 3 is 2.45 bits per heavy atom. The summed E-state index contributed by atoms with van der Waals surface area (Å²) in [4.78, 5) is 0. The van der Waals surface area contributed by atoms with Crippen molar-refractivity contribution in [1.82, 2.24) is 0 Å². The fourth-order valence-corrected chi connectivity index (χ4v) is 2.99. The van der Waals surface area contributed by atoms with Crippen LogP contribution in [0.3, 0.4) is 0 Å². The van der Waals surface area contributed by atoms with Crippen LogP contribution in [0.1, 0.15) is 30.9 Å². The second-order valence-corrected chi connectivity index (χ2v) is 6.05. The van der Waals surface area contributed by atoms with Crippen LogP contribution in [0.25, 0.3) is 0 Å². The zero-order valence-electron chi connectivity index (χ0n) is 11.6. The van der Waals surface area contributed by atoms with Gasteiger partial charge in [-0.05, 0) is 52.0 Å². The highest BCUT2D eigenvalue weighted by molar-refractivity contribution is 9.10. The van der Waals surface area contributed by atoms with Crippen molar-refractivity contribution in [3.05, 3.63) is 69.9 Å². The van der Waals surface area contributed by atoms with Crippen molar-refractivity contribution in [2.75, 3.05) is 0 Å². The Bertz CT molecular complexity index is 570. The summed E-state index contributed by atoms with van der Waals surface area (Å²) in [6, 6.07) is 15.2. The molecule has 20 heavy (non-hydrogen) atoms. The first kappa shape index (κ1) is 15.2. The van der Waals surface area contributed by atoms with E-state index in [4.69, 9.17) is 5.73 Å². The van der Waals surface area contributed by atoms with Gasteiger partial charge in [-0.2, -0.15) is 0 Å². The van der Waals surface area contributed by atoms with E-state index in [0.29, 0.717) is 10.9 Å². The maximum absolute atomic E-state index is 13.3. The number of benzene rings is 2. The molecule has 0 fully saturated rings. The van der Waals surface area contributed by atoms with Gasteiger partial charge in [0.2, 0.25) is 0 Å². The molecule has 3 heteroatoms. The van der Waals surface area contributed by atoms with Crippen molar-refractivity contribution in [2.45, 2.75) is 31.7 Å². The molecule has 0 radical (unpaired) electrons. The second-order valence-electron chi connectivity index (χ2n) is 5.20. The highest BCUT2D eigenvalue weighted by Crippen LogP contribution is 2.29. The van der Waals surface area contributed by atoms with Crippen LogP contribution in [0.5, 0.6) is 0 Å². The van der Waals surface area contributed by atoms with E-state index in [1.165, 1.54) is 6.07 Å². The predicted molar refractivity (Wildman–Crippen MR) is 85.0 cm³/mol. The molecule has 0 aliphatic heterocycles. The van der Waals surface area contributed by atoms with Gasteiger partial charge in [0.15, 0.2) is 0 Å². The van der Waals surface area contributed by atoms with Crippen LogP contribution in [-0.2, 0) is 12.0 Å². The normalized spacial score (nSPS) is 14.0. The van der Waals surface area contributed by atoms with E-state index in [-0.39, 0.29) is 5.82 Å². The van der Waals surface area contributed by atoms with Crippen LogP contribution in [0, 0.1) is 5.82 Å². The molecule has 0 aliphatic carbocycles. The molecule has 0 amide bonds. The molecule has 0 bridgehead atoms. The van der Waals surface area contributed by atoms with Crippen LogP contribution < -0.4 is 5.73 Å². The van der Waals surface area contributed by atoms with Crippen molar-refractivity contribution < 1.29 is 4.39 Å². The largest absolute Gasteiger partial charge is 0.321 e. The number of hydrogen-bond acceptors (Lipinski definition) is 1. The molecule has 1 unspecified atom stereocenters. The maximum atomic E-state index is 13.3. The van der Waals surface area contributed by atoms with E-state index < -0.39 is 5.54 Å². The SMILES string of the molecule is CCCC(N)(Cc1ccc(F)c(Br)c1)c1ccccc1. The van der Waals surface area contributed by atoms with E-state index >= 15 is 0 Å². The molecule has 2 rings (SSSR count). The Balaban J connectivity index is 2.31. The Morgan fingerprint density at radius 1 is 1.15 bits per heavy atom. The highest BCUT2D eigenvalue weighted by Gasteiger charge is 2.26. The molecule has 0 saturated heterocycles. The van der Waals surface area contributed by atoms with Crippen LogP contribution in [0.15, 0.2) is 53.0 Å². The Hall–Kier alpha value is -1.19. The Labute approximate surface area is 128 Å². The van der Waals surface area contributed by atoms with Gasteiger partial charge in [0, 0.05) is 5.54 Å². The molecule has 1 atom stereocenters. The van der Waals surface area contributed by atoms with E-state index in [1.807, 2.05) is 24.3 Å². The lowest BCUT2D eigenvalue weighted by Crippen LogP contribution is -2.38. The third kappa shape index (κ3) is 3.47. The average Bonchev–Trinajstić information content (AvgIpc) is 2.44. The lowest BCUT2D eigenvalue weighted by atomic mass is 9.81. The molecule has 0 heterocycles. The first-order chi connectivity index (χ1) is 9.55. The molecule has 0 spiro atoms. The summed E-state index contributed by atoms with van der Waals surface area (Å²) in [6.45, 7) is 2.13. The molecular weight excluding hydrogens is 317 g/mol. The third-order valence-electron chi connectivity index (χ3n) is 3.55. The number of halogens is 2. The zero-order chi connectivity index (χ0) is 14.6. The van der Waals surface area contributed by atoms with Crippen LogP contribution in [0.2, 0.25) is 0 Å². The minimum atomic E-state index is -0.409. The van der Waals surface area contributed by atoms with Crippen LogP contribution in [-0.4, -0.2) is 0 Å². The Kier molecular flexibility index (Phi) is 4.95. The van der Waals surface area contributed by atoms with Gasteiger partial charge in [0.25, 0.3) is 0 Å². The Morgan fingerprint density at radius 2 is 1.85 bits per heavy atom. The summed E-state index contributed by atoms with van der Waals surface area (Å²) in [7, 11) is 0. The summed E-state index contributed by atoms with van der Waals surface area (Å²) in [5.41, 5.74) is 8.40. The number of rotatable bonds is 5. The van der Waals surface area contributed by atoms with E-state index in [1.54, 1.807) is 6.07 Å². The van der Waals surface area contributed by atoms with Gasteiger partial charge in [-0.1, -0.05) is 49.7 Å². The number of hydrogen-bond donors (Lipinski definition) is 1. The van der Waals surface area contributed by atoms with Gasteiger partial charge >= 0.3 is 0 Å². The fraction of sp³-hybridized carbons (Fsp3) is 0.294. The maximum Gasteiger partial charge on any atom is 0.137 e. The molecule has 2 aromatic carbocycles. The summed E-state index contributed by atoms with van der Waals surface area (Å²) in [5, 5.41) is 0. The standard InChI is InChI=1S/C17H19BrFN/c1-2-10-17(20,14-6-4-3-5-7-14)12-13-8-9-16(19)15(18)11-13/h3-9,11H,2,10,12,20H2,1H3. The summed E-state index contributed by atoms with van der Waals surface area (Å²) < 4.78 is 13.8. The van der Waals surface area contributed by atoms with Gasteiger partial charge in [0.05, 0.1) is 4.47 Å². The van der Waals surface area contributed by atoms with Gasteiger partial charge in [-0.15, -0.1) is 0 Å². The lowest BCUT2D eigenvalue weighted by Gasteiger charge is -2.30. The lowest BCUT2D eigenvalue weighted by molar-refractivity contribution is 0.400. The quantitative estimate of drug-likeness (QED) is 0.835. The minimum absolute atomic E-state index is 0.244. The van der Waals surface area contributed by atoms with Gasteiger partial charge in [-0.25, -0.2) is 4.39 Å². The highest BCUT2D eigenvalue weighted by atomic mass is 79.9. The van der Waals surface area contributed by atoms with Crippen molar-refractivity contribution in [1.29, 1.82) is 0 Å². The molecule has 0 aliphatic rings. The van der Waals surface area contributed by atoms with E-state index in [2.05, 4.69) is 35.0 Å². The first-order valence-electron chi connectivity index (χ1n) is 6.83. The predicted octanol–water partition coefficient (Wildman–Crippen LogP) is 4.79. The molecular formula is C17H19BrFN.